The number of hydrogen-bond donors (Lipinski definition) is 1. The molecule has 0 atom stereocenters. The predicted octanol–water partition coefficient (Wildman–Crippen LogP) is 2.46. The van der Waals surface area contributed by atoms with Gasteiger partial charge in [0.25, 0.3) is 0 Å². The fourth-order valence-electron chi connectivity index (χ4n) is 1.73. The number of aromatic nitrogens is 2. The fourth-order valence-corrected chi connectivity index (χ4v) is 1.96. The molecule has 0 aliphatic heterocycles. The van der Waals surface area contributed by atoms with Crippen LogP contribution in [0.5, 0.6) is 0 Å². The summed E-state index contributed by atoms with van der Waals surface area (Å²) in [5.74, 6) is -1.18. The minimum absolute atomic E-state index is 0.00534. The highest BCUT2D eigenvalue weighted by Crippen LogP contribution is 2.20. The standard InChI is InChI=1S/C13H13ClFN3O2/c1-7-9(12(14)18(2)17-7)6-20-13(19)8-3-4-10(15)11(16)5-8/h3-5H,6,16H2,1-2H3. The number of nitrogen functional groups attached to an aromatic ring is 1. The zero-order valence-corrected chi connectivity index (χ0v) is 11.7. The molecule has 0 saturated heterocycles. The molecule has 0 fully saturated rings. The van der Waals surface area contributed by atoms with Gasteiger partial charge in [-0.05, 0) is 25.1 Å². The van der Waals surface area contributed by atoms with Gasteiger partial charge >= 0.3 is 5.97 Å². The molecule has 0 aliphatic rings. The maximum Gasteiger partial charge on any atom is 0.338 e. The van der Waals surface area contributed by atoms with Gasteiger partial charge in [-0.2, -0.15) is 5.10 Å². The lowest BCUT2D eigenvalue weighted by Crippen LogP contribution is -2.07. The van der Waals surface area contributed by atoms with Crippen molar-refractivity contribution in [2.24, 2.45) is 7.05 Å². The number of anilines is 1. The van der Waals surface area contributed by atoms with Gasteiger partial charge in [0, 0.05) is 12.6 Å². The first-order valence-corrected chi connectivity index (χ1v) is 6.18. The summed E-state index contributed by atoms with van der Waals surface area (Å²) in [6.07, 6.45) is 0. The SMILES string of the molecule is Cc1nn(C)c(Cl)c1COC(=O)c1ccc(F)c(N)c1. The fraction of sp³-hybridized carbons (Fsp3) is 0.231. The molecular formula is C13H13ClFN3O2. The Morgan fingerprint density at radius 1 is 1.55 bits per heavy atom. The third kappa shape index (κ3) is 2.75. The van der Waals surface area contributed by atoms with Gasteiger partial charge in [0.1, 0.15) is 17.6 Å². The van der Waals surface area contributed by atoms with Crippen LogP contribution >= 0.6 is 11.6 Å². The third-order valence-corrected chi connectivity index (χ3v) is 3.32. The number of rotatable bonds is 3. The first-order valence-electron chi connectivity index (χ1n) is 5.80. The quantitative estimate of drug-likeness (QED) is 0.698. The van der Waals surface area contributed by atoms with E-state index in [-0.39, 0.29) is 17.9 Å². The number of benzene rings is 1. The van der Waals surface area contributed by atoms with Gasteiger partial charge in [0.05, 0.1) is 16.9 Å². The molecule has 0 spiro atoms. The van der Waals surface area contributed by atoms with Crippen LogP contribution in [0, 0.1) is 12.7 Å². The highest BCUT2D eigenvalue weighted by atomic mass is 35.5. The number of aryl methyl sites for hydroxylation is 2. The molecule has 0 unspecified atom stereocenters. The molecular weight excluding hydrogens is 285 g/mol. The lowest BCUT2D eigenvalue weighted by Gasteiger charge is -2.06. The topological polar surface area (TPSA) is 70.1 Å². The van der Waals surface area contributed by atoms with Crippen molar-refractivity contribution in [1.29, 1.82) is 0 Å². The Morgan fingerprint density at radius 3 is 2.80 bits per heavy atom. The van der Waals surface area contributed by atoms with E-state index in [0.29, 0.717) is 16.4 Å². The maximum atomic E-state index is 13.0. The number of hydrogen-bond acceptors (Lipinski definition) is 4. The van der Waals surface area contributed by atoms with E-state index < -0.39 is 11.8 Å². The smallest absolute Gasteiger partial charge is 0.338 e. The Morgan fingerprint density at radius 2 is 2.25 bits per heavy atom. The first-order chi connectivity index (χ1) is 9.40. The summed E-state index contributed by atoms with van der Waals surface area (Å²) in [6.45, 7) is 1.76. The summed E-state index contributed by atoms with van der Waals surface area (Å²) in [5.41, 5.74) is 6.80. The van der Waals surface area contributed by atoms with E-state index in [2.05, 4.69) is 5.10 Å². The van der Waals surface area contributed by atoms with E-state index in [1.54, 1.807) is 14.0 Å². The molecule has 2 aromatic rings. The normalized spacial score (nSPS) is 10.6. The Hall–Kier alpha value is -2.08. The van der Waals surface area contributed by atoms with Crippen molar-refractivity contribution in [2.45, 2.75) is 13.5 Å². The second kappa shape index (κ2) is 5.50. The largest absolute Gasteiger partial charge is 0.457 e. The summed E-state index contributed by atoms with van der Waals surface area (Å²) >= 11 is 6.03. The molecule has 1 aromatic heterocycles. The van der Waals surface area contributed by atoms with E-state index in [1.165, 1.54) is 16.8 Å². The van der Waals surface area contributed by atoms with Crippen molar-refractivity contribution in [3.05, 3.63) is 46.0 Å². The molecule has 0 saturated carbocycles. The van der Waals surface area contributed by atoms with Crippen LogP contribution in [-0.2, 0) is 18.4 Å². The molecule has 20 heavy (non-hydrogen) atoms. The van der Waals surface area contributed by atoms with Crippen molar-refractivity contribution in [2.75, 3.05) is 5.73 Å². The number of nitrogens with zero attached hydrogens (tertiary/aromatic N) is 2. The molecule has 1 heterocycles. The van der Waals surface area contributed by atoms with Gasteiger partial charge in [-0.3, -0.25) is 4.68 Å². The predicted molar refractivity (Wildman–Crippen MR) is 72.9 cm³/mol. The molecule has 7 heteroatoms. The Labute approximate surface area is 120 Å². The van der Waals surface area contributed by atoms with Crippen LogP contribution in [0.3, 0.4) is 0 Å². The van der Waals surface area contributed by atoms with Crippen LogP contribution in [0.25, 0.3) is 0 Å². The second-order valence-corrected chi connectivity index (χ2v) is 4.65. The molecule has 5 nitrogen and oxygen atoms in total. The van der Waals surface area contributed by atoms with Crippen LogP contribution in [0.1, 0.15) is 21.6 Å². The van der Waals surface area contributed by atoms with Crippen LogP contribution in [0.2, 0.25) is 5.15 Å². The minimum atomic E-state index is -0.601. The number of halogens is 2. The molecule has 1 aromatic carbocycles. The molecule has 0 bridgehead atoms. The second-order valence-electron chi connectivity index (χ2n) is 4.29. The number of nitrogens with two attached hydrogens (primary N) is 1. The van der Waals surface area contributed by atoms with Crippen LogP contribution in [-0.4, -0.2) is 15.7 Å². The summed E-state index contributed by atoms with van der Waals surface area (Å²) in [5, 5.41) is 4.52. The number of esters is 1. The van der Waals surface area contributed by atoms with Crippen LogP contribution in [0.15, 0.2) is 18.2 Å². The molecule has 0 aliphatic carbocycles. The van der Waals surface area contributed by atoms with Gasteiger partial charge in [0.15, 0.2) is 0 Å². The highest BCUT2D eigenvalue weighted by Gasteiger charge is 2.15. The van der Waals surface area contributed by atoms with E-state index in [1.807, 2.05) is 0 Å². The van der Waals surface area contributed by atoms with Gasteiger partial charge in [0.2, 0.25) is 0 Å². The summed E-state index contributed by atoms with van der Waals surface area (Å²) < 4.78 is 19.6. The molecule has 2 N–H and O–H groups in total. The Balaban J connectivity index is 2.10. The minimum Gasteiger partial charge on any atom is -0.457 e. The monoisotopic (exact) mass is 297 g/mol. The Kier molecular flexibility index (Phi) is 3.94. The average molecular weight is 298 g/mol. The van der Waals surface area contributed by atoms with E-state index in [4.69, 9.17) is 22.1 Å². The third-order valence-electron chi connectivity index (χ3n) is 2.85. The zero-order chi connectivity index (χ0) is 14.9. The van der Waals surface area contributed by atoms with E-state index in [9.17, 15) is 9.18 Å². The van der Waals surface area contributed by atoms with Crippen LogP contribution in [0.4, 0.5) is 10.1 Å². The van der Waals surface area contributed by atoms with E-state index >= 15 is 0 Å². The molecule has 2 rings (SSSR count). The number of ether oxygens (including phenoxy) is 1. The maximum absolute atomic E-state index is 13.0. The van der Waals surface area contributed by atoms with Crippen molar-refractivity contribution < 1.29 is 13.9 Å². The first kappa shape index (κ1) is 14.3. The van der Waals surface area contributed by atoms with E-state index in [0.717, 1.165) is 6.07 Å². The van der Waals surface area contributed by atoms with Crippen molar-refractivity contribution in [3.8, 4) is 0 Å². The molecule has 0 radical (unpaired) electrons. The number of carbonyl (C=O) groups is 1. The van der Waals surface area contributed by atoms with Gasteiger partial charge < -0.3 is 10.5 Å². The molecule has 0 amide bonds. The lowest BCUT2D eigenvalue weighted by molar-refractivity contribution is 0.0472. The van der Waals surface area contributed by atoms with Crippen LogP contribution < -0.4 is 5.73 Å². The van der Waals surface area contributed by atoms with Crippen molar-refractivity contribution in [3.63, 3.8) is 0 Å². The number of carbonyl (C=O) groups excluding carboxylic acids is 1. The Bertz CT molecular complexity index is 670. The van der Waals surface area contributed by atoms with Gasteiger partial charge in [-0.15, -0.1) is 0 Å². The molecule has 106 valence electrons. The van der Waals surface area contributed by atoms with Gasteiger partial charge in [-0.25, -0.2) is 9.18 Å². The summed E-state index contributed by atoms with van der Waals surface area (Å²) in [4.78, 5) is 11.8. The van der Waals surface area contributed by atoms with Gasteiger partial charge in [-0.1, -0.05) is 11.6 Å². The van der Waals surface area contributed by atoms with Crippen molar-refractivity contribution in [1.82, 2.24) is 9.78 Å². The lowest BCUT2D eigenvalue weighted by atomic mass is 10.2. The zero-order valence-electron chi connectivity index (χ0n) is 11.0. The summed E-state index contributed by atoms with van der Waals surface area (Å²) in [7, 11) is 1.70. The average Bonchev–Trinajstić information content (AvgIpc) is 2.64. The van der Waals surface area contributed by atoms with Crippen molar-refractivity contribution >= 4 is 23.3 Å². The summed E-state index contributed by atoms with van der Waals surface area (Å²) in [6, 6.07) is 3.66. The highest BCUT2D eigenvalue weighted by molar-refractivity contribution is 6.30.